The zero-order valence-electron chi connectivity index (χ0n) is 9.68. The van der Waals surface area contributed by atoms with Crippen molar-refractivity contribution in [3.05, 3.63) is 17.7 Å². The fraction of sp³-hybridized carbons (Fsp3) is 0.250. The summed E-state index contributed by atoms with van der Waals surface area (Å²) in [4.78, 5) is -1.81. The molecule has 0 unspecified atom stereocenters. The van der Waals surface area contributed by atoms with Gasteiger partial charge in [0.1, 0.15) is 4.90 Å². The van der Waals surface area contributed by atoms with E-state index in [4.69, 9.17) is 16.0 Å². The van der Waals surface area contributed by atoms with Gasteiger partial charge in [0.2, 0.25) is 20.0 Å². The van der Waals surface area contributed by atoms with Crippen LogP contribution >= 0.6 is 0 Å². The molecule has 0 heterocycles. The minimum atomic E-state index is -4.73. The Balaban J connectivity index is 3.67. The normalized spacial score (nSPS) is 13.4. The first-order chi connectivity index (χ1) is 8.72. The first-order valence-electron chi connectivity index (χ1n) is 4.76. The summed E-state index contributed by atoms with van der Waals surface area (Å²) in [5.41, 5.74) is 3.92. The summed E-state index contributed by atoms with van der Waals surface area (Å²) in [5, 5.41) is 9.55. The molecule has 12 heteroatoms. The Morgan fingerprint density at radius 2 is 1.40 bits per heavy atom. The molecule has 0 fully saturated rings. The fourth-order valence-electron chi connectivity index (χ4n) is 1.49. The van der Waals surface area contributed by atoms with Crippen molar-refractivity contribution in [2.24, 2.45) is 10.3 Å². The van der Waals surface area contributed by atoms with Gasteiger partial charge < -0.3 is 5.73 Å². The Bertz CT molecular complexity index is 741. The molecule has 0 aliphatic heterocycles. The topological polar surface area (TPSA) is 146 Å². The highest BCUT2D eigenvalue weighted by molar-refractivity contribution is 7.90. The molecule has 20 heavy (non-hydrogen) atoms. The molecule has 114 valence electrons. The van der Waals surface area contributed by atoms with Crippen LogP contribution in [-0.4, -0.2) is 23.0 Å². The summed E-state index contributed by atoms with van der Waals surface area (Å²) >= 11 is 0. The maximum atomic E-state index is 12.4. The number of primary sulfonamides is 2. The standard InChI is InChI=1S/C8H10F3N3O4S2/c9-8(10,11)3-4-1-5(12)7(20(14,17)18)2-6(4)19(13,15)16/h1-2H,3,12H2,(H2,13,15,16)(H2,14,17,18). The number of rotatable bonds is 3. The predicted molar refractivity (Wildman–Crippen MR) is 63.4 cm³/mol. The van der Waals surface area contributed by atoms with Crippen molar-refractivity contribution < 1.29 is 30.0 Å². The average Bonchev–Trinajstić information content (AvgIpc) is 2.09. The van der Waals surface area contributed by atoms with E-state index in [1.54, 1.807) is 0 Å². The molecule has 0 spiro atoms. The third-order valence-electron chi connectivity index (χ3n) is 2.20. The summed E-state index contributed by atoms with van der Waals surface area (Å²) in [6.07, 6.45) is -6.36. The van der Waals surface area contributed by atoms with Crippen LogP contribution in [0.4, 0.5) is 18.9 Å². The van der Waals surface area contributed by atoms with Gasteiger partial charge in [-0.1, -0.05) is 0 Å². The van der Waals surface area contributed by atoms with Crippen LogP contribution in [0.25, 0.3) is 0 Å². The molecule has 0 saturated heterocycles. The molecule has 0 aromatic heterocycles. The highest BCUT2D eigenvalue weighted by Crippen LogP contribution is 2.30. The highest BCUT2D eigenvalue weighted by atomic mass is 32.2. The molecule has 0 atom stereocenters. The van der Waals surface area contributed by atoms with Gasteiger partial charge in [-0.25, -0.2) is 27.1 Å². The zero-order valence-corrected chi connectivity index (χ0v) is 11.3. The molecule has 1 rings (SSSR count). The minimum Gasteiger partial charge on any atom is -0.398 e. The van der Waals surface area contributed by atoms with Gasteiger partial charge in [0, 0.05) is 0 Å². The molecule has 0 amide bonds. The van der Waals surface area contributed by atoms with Gasteiger partial charge in [0.05, 0.1) is 17.0 Å². The van der Waals surface area contributed by atoms with Crippen LogP contribution in [0.1, 0.15) is 5.56 Å². The number of nitrogen functional groups attached to an aromatic ring is 1. The molecular formula is C8H10F3N3O4S2. The van der Waals surface area contributed by atoms with Crippen molar-refractivity contribution in [1.82, 2.24) is 0 Å². The summed E-state index contributed by atoms with van der Waals surface area (Å²) in [6, 6.07) is 0.994. The van der Waals surface area contributed by atoms with Crippen LogP contribution in [0.3, 0.4) is 0 Å². The monoisotopic (exact) mass is 333 g/mol. The molecule has 0 bridgehead atoms. The van der Waals surface area contributed by atoms with Gasteiger partial charge in [-0.15, -0.1) is 0 Å². The van der Waals surface area contributed by atoms with Crippen LogP contribution in [0, 0.1) is 0 Å². The van der Waals surface area contributed by atoms with Gasteiger partial charge >= 0.3 is 6.18 Å². The second kappa shape index (κ2) is 4.87. The summed E-state index contributed by atoms with van der Waals surface area (Å²) in [7, 11) is -8.98. The summed E-state index contributed by atoms with van der Waals surface area (Å²) in [5.74, 6) is 0. The molecule has 0 aliphatic carbocycles. The van der Waals surface area contributed by atoms with E-state index in [0.29, 0.717) is 12.1 Å². The smallest absolute Gasteiger partial charge is 0.393 e. The molecule has 0 saturated carbocycles. The Kier molecular flexibility index (Phi) is 4.07. The number of halogens is 3. The lowest BCUT2D eigenvalue weighted by molar-refractivity contribution is -0.127. The molecular weight excluding hydrogens is 323 g/mol. The molecule has 1 aromatic rings. The van der Waals surface area contributed by atoms with Crippen molar-refractivity contribution in [3.8, 4) is 0 Å². The predicted octanol–water partition coefficient (Wildman–Crippen LogP) is -0.332. The fourth-order valence-corrected chi connectivity index (χ4v) is 3.01. The Morgan fingerprint density at radius 3 is 1.75 bits per heavy atom. The Morgan fingerprint density at radius 1 is 0.950 bits per heavy atom. The average molecular weight is 333 g/mol. The SMILES string of the molecule is Nc1cc(CC(F)(F)F)c(S(N)(=O)=O)cc1S(N)(=O)=O. The Hall–Kier alpha value is -1.37. The zero-order chi connectivity index (χ0) is 15.9. The lowest BCUT2D eigenvalue weighted by atomic mass is 10.1. The van der Waals surface area contributed by atoms with E-state index in [2.05, 4.69) is 0 Å². The van der Waals surface area contributed by atoms with Gasteiger partial charge in [-0.3, -0.25) is 0 Å². The lowest BCUT2D eigenvalue weighted by Crippen LogP contribution is -2.22. The second-order valence-electron chi connectivity index (χ2n) is 3.88. The van der Waals surface area contributed by atoms with E-state index in [0.717, 1.165) is 0 Å². The summed E-state index contributed by atoms with van der Waals surface area (Å²) < 4.78 is 81.9. The maximum Gasteiger partial charge on any atom is 0.393 e. The molecule has 7 nitrogen and oxygen atoms in total. The van der Waals surface area contributed by atoms with Crippen molar-refractivity contribution in [1.29, 1.82) is 0 Å². The van der Waals surface area contributed by atoms with E-state index >= 15 is 0 Å². The molecule has 6 N–H and O–H groups in total. The molecule has 0 aliphatic rings. The van der Waals surface area contributed by atoms with E-state index < -0.39 is 53.7 Å². The quantitative estimate of drug-likeness (QED) is 0.648. The number of hydrogen-bond acceptors (Lipinski definition) is 5. The Labute approximate surface area is 112 Å². The van der Waals surface area contributed by atoms with Crippen molar-refractivity contribution in [3.63, 3.8) is 0 Å². The van der Waals surface area contributed by atoms with Gasteiger partial charge in [0.15, 0.2) is 0 Å². The molecule has 0 radical (unpaired) electrons. The van der Waals surface area contributed by atoms with Crippen molar-refractivity contribution in [2.75, 3.05) is 5.73 Å². The minimum absolute atomic E-state index is 0.418. The van der Waals surface area contributed by atoms with E-state index in [1.165, 1.54) is 0 Å². The van der Waals surface area contributed by atoms with Crippen LogP contribution in [0.15, 0.2) is 21.9 Å². The van der Waals surface area contributed by atoms with E-state index in [-0.39, 0.29) is 0 Å². The van der Waals surface area contributed by atoms with Crippen LogP contribution in [0.5, 0.6) is 0 Å². The first kappa shape index (κ1) is 16.7. The van der Waals surface area contributed by atoms with Crippen LogP contribution in [-0.2, 0) is 26.5 Å². The van der Waals surface area contributed by atoms with Crippen LogP contribution < -0.4 is 16.0 Å². The van der Waals surface area contributed by atoms with Gasteiger partial charge in [0.25, 0.3) is 0 Å². The number of hydrogen-bond donors (Lipinski definition) is 3. The molecule has 1 aromatic carbocycles. The first-order valence-corrected chi connectivity index (χ1v) is 7.86. The van der Waals surface area contributed by atoms with Crippen LogP contribution in [0.2, 0.25) is 0 Å². The lowest BCUT2D eigenvalue weighted by Gasteiger charge is -2.13. The largest absolute Gasteiger partial charge is 0.398 e. The maximum absolute atomic E-state index is 12.4. The van der Waals surface area contributed by atoms with Crippen molar-refractivity contribution >= 4 is 25.7 Å². The number of sulfonamides is 2. The highest BCUT2D eigenvalue weighted by Gasteiger charge is 2.32. The number of alkyl halides is 3. The number of nitrogens with two attached hydrogens (primary N) is 3. The second-order valence-corrected chi connectivity index (χ2v) is 6.94. The number of anilines is 1. The third-order valence-corrected chi connectivity index (χ3v) is 4.16. The van der Waals surface area contributed by atoms with Crippen molar-refractivity contribution in [2.45, 2.75) is 22.4 Å². The van der Waals surface area contributed by atoms with Gasteiger partial charge in [-0.05, 0) is 17.7 Å². The van der Waals surface area contributed by atoms with E-state index in [9.17, 15) is 30.0 Å². The number of benzene rings is 1. The third kappa shape index (κ3) is 4.06. The van der Waals surface area contributed by atoms with Gasteiger partial charge in [-0.2, -0.15) is 13.2 Å². The summed E-state index contributed by atoms with van der Waals surface area (Å²) in [6.45, 7) is 0. The van der Waals surface area contributed by atoms with E-state index in [1.807, 2.05) is 0 Å².